The zero-order chi connectivity index (χ0) is 19.8. The molecular formula is C21H21N7O. The number of aliphatic hydroxyl groups excluding tert-OH is 1. The number of fused-ring (bicyclic) bond motifs is 1. The van der Waals surface area contributed by atoms with E-state index in [1.807, 2.05) is 35.9 Å². The Morgan fingerprint density at radius 1 is 1.03 bits per heavy atom. The van der Waals surface area contributed by atoms with E-state index in [0.29, 0.717) is 6.54 Å². The Morgan fingerprint density at radius 2 is 1.93 bits per heavy atom. The van der Waals surface area contributed by atoms with Gasteiger partial charge in [-0.1, -0.05) is 6.07 Å². The maximum Gasteiger partial charge on any atom is 0.156 e. The smallest absolute Gasteiger partial charge is 0.156 e. The molecule has 0 spiro atoms. The number of piperidine rings is 1. The van der Waals surface area contributed by atoms with Crippen LogP contribution in [-0.4, -0.2) is 54.0 Å². The monoisotopic (exact) mass is 387 g/mol. The van der Waals surface area contributed by atoms with Crippen LogP contribution in [0.1, 0.15) is 18.5 Å². The third-order valence-corrected chi connectivity index (χ3v) is 5.13. The quantitative estimate of drug-likeness (QED) is 0.577. The zero-order valence-corrected chi connectivity index (χ0v) is 16.1. The molecule has 0 amide bonds. The lowest BCUT2D eigenvalue weighted by Crippen LogP contribution is -2.38. The number of hydrogen-bond donors (Lipinski definition) is 1. The van der Waals surface area contributed by atoms with Gasteiger partial charge in [-0.15, -0.1) is 0 Å². The van der Waals surface area contributed by atoms with Crippen molar-refractivity contribution in [1.29, 1.82) is 0 Å². The van der Waals surface area contributed by atoms with Gasteiger partial charge in [-0.3, -0.25) is 9.97 Å². The van der Waals surface area contributed by atoms with Crippen molar-refractivity contribution in [3.8, 4) is 17.2 Å². The number of aliphatic hydroxyl groups is 1. The molecule has 1 saturated heterocycles. The fraction of sp³-hybridized carbons (Fsp3) is 0.286. The average molecular weight is 387 g/mol. The lowest BCUT2D eigenvalue weighted by Gasteiger charge is -2.31. The molecule has 5 heterocycles. The predicted octanol–water partition coefficient (Wildman–Crippen LogP) is 2.54. The van der Waals surface area contributed by atoms with Crippen LogP contribution in [0.4, 0.5) is 5.82 Å². The second-order valence-electron chi connectivity index (χ2n) is 7.33. The summed E-state index contributed by atoms with van der Waals surface area (Å²) in [5.41, 5.74) is 3.21. The summed E-state index contributed by atoms with van der Waals surface area (Å²) in [6.45, 7) is 3.41. The molecule has 1 aliphatic rings. The first-order valence-electron chi connectivity index (χ1n) is 9.70. The molecule has 1 fully saturated rings. The maximum absolute atomic E-state index is 9.99. The van der Waals surface area contributed by atoms with Crippen LogP contribution in [0.2, 0.25) is 0 Å². The second kappa shape index (κ2) is 7.21. The maximum atomic E-state index is 9.99. The van der Waals surface area contributed by atoms with Crippen LogP contribution < -0.4 is 4.90 Å². The summed E-state index contributed by atoms with van der Waals surface area (Å²) >= 11 is 0. The van der Waals surface area contributed by atoms with Gasteiger partial charge in [-0.25, -0.2) is 14.6 Å². The highest BCUT2D eigenvalue weighted by atomic mass is 16.3. The van der Waals surface area contributed by atoms with Gasteiger partial charge in [0.25, 0.3) is 0 Å². The Hall–Kier alpha value is -3.39. The minimum absolute atomic E-state index is 0.302. The fourth-order valence-corrected chi connectivity index (χ4v) is 3.70. The molecular weight excluding hydrogens is 366 g/mol. The minimum atomic E-state index is -0.302. The number of anilines is 1. The van der Waals surface area contributed by atoms with Gasteiger partial charge >= 0.3 is 0 Å². The van der Waals surface area contributed by atoms with Gasteiger partial charge < -0.3 is 10.0 Å². The molecule has 4 aromatic rings. The van der Waals surface area contributed by atoms with Crippen molar-refractivity contribution in [3.05, 3.63) is 54.7 Å². The molecule has 1 N–H and O–H groups in total. The Balaban J connectivity index is 1.55. The topological polar surface area (TPSA) is 92.9 Å². The number of rotatable bonds is 3. The first-order chi connectivity index (χ1) is 14.2. The van der Waals surface area contributed by atoms with Gasteiger partial charge in [-0.05, 0) is 38.0 Å². The van der Waals surface area contributed by atoms with E-state index in [1.54, 1.807) is 24.8 Å². The molecule has 0 radical (unpaired) electrons. The van der Waals surface area contributed by atoms with Gasteiger partial charge in [0.2, 0.25) is 0 Å². The predicted molar refractivity (Wildman–Crippen MR) is 110 cm³/mol. The van der Waals surface area contributed by atoms with E-state index in [2.05, 4.69) is 25.0 Å². The Bertz CT molecular complexity index is 1170. The number of aryl methyl sites for hydroxylation is 1. The standard InChI is InChI=1S/C21H21N7O/c1-14-9-22-12-18(25-14)17-8-19-15(10-23-17)11-24-28(19)21-6-2-5-20(26-21)27-7-3-4-16(29)13-27/h2,5-6,8-12,16,29H,3-4,7,13H2,1H3/t16-/m1/s1. The molecule has 0 aliphatic carbocycles. The van der Waals surface area contributed by atoms with E-state index in [1.165, 1.54) is 0 Å². The number of aromatic nitrogens is 6. The van der Waals surface area contributed by atoms with E-state index in [0.717, 1.165) is 59.0 Å². The van der Waals surface area contributed by atoms with Crippen molar-refractivity contribution in [2.45, 2.75) is 25.9 Å². The highest BCUT2D eigenvalue weighted by molar-refractivity contribution is 5.82. The number of hydrogen-bond acceptors (Lipinski definition) is 7. The number of pyridine rings is 2. The van der Waals surface area contributed by atoms with Crippen LogP contribution in [0.15, 0.2) is 49.1 Å². The molecule has 0 unspecified atom stereocenters. The van der Waals surface area contributed by atoms with Gasteiger partial charge in [0.15, 0.2) is 5.82 Å². The molecule has 0 aromatic carbocycles. The molecule has 0 bridgehead atoms. The highest BCUT2D eigenvalue weighted by Crippen LogP contribution is 2.24. The van der Waals surface area contributed by atoms with E-state index >= 15 is 0 Å². The zero-order valence-electron chi connectivity index (χ0n) is 16.1. The van der Waals surface area contributed by atoms with Gasteiger partial charge in [0, 0.05) is 30.9 Å². The summed E-state index contributed by atoms with van der Waals surface area (Å²) in [5, 5.41) is 15.4. The lowest BCUT2D eigenvalue weighted by atomic mass is 10.1. The molecule has 1 atom stereocenters. The molecule has 8 heteroatoms. The molecule has 1 aliphatic heterocycles. The largest absolute Gasteiger partial charge is 0.391 e. The summed E-state index contributed by atoms with van der Waals surface area (Å²) in [6.07, 6.45) is 8.52. The van der Waals surface area contributed by atoms with Crippen LogP contribution in [-0.2, 0) is 0 Å². The highest BCUT2D eigenvalue weighted by Gasteiger charge is 2.19. The van der Waals surface area contributed by atoms with E-state index in [4.69, 9.17) is 4.98 Å². The van der Waals surface area contributed by atoms with Crippen molar-refractivity contribution >= 4 is 16.7 Å². The fourth-order valence-electron chi connectivity index (χ4n) is 3.70. The summed E-state index contributed by atoms with van der Waals surface area (Å²) < 4.78 is 1.81. The van der Waals surface area contributed by atoms with Crippen molar-refractivity contribution in [3.63, 3.8) is 0 Å². The van der Waals surface area contributed by atoms with Crippen molar-refractivity contribution < 1.29 is 5.11 Å². The Morgan fingerprint density at radius 3 is 2.79 bits per heavy atom. The number of nitrogens with zero attached hydrogens (tertiary/aromatic N) is 7. The van der Waals surface area contributed by atoms with Crippen LogP contribution in [0.25, 0.3) is 28.1 Å². The van der Waals surface area contributed by atoms with E-state index < -0.39 is 0 Å². The summed E-state index contributed by atoms with van der Waals surface area (Å²) in [6, 6.07) is 7.84. The Labute approximate surface area is 167 Å². The molecule has 4 aromatic heterocycles. The second-order valence-corrected chi connectivity index (χ2v) is 7.33. The Kier molecular flexibility index (Phi) is 4.40. The number of β-amino-alcohol motifs (C(OH)–C–C–N with tert-alkyl or cyclic N) is 1. The molecule has 8 nitrogen and oxygen atoms in total. The third kappa shape index (κ3) is 3.42. The van der Waals surface area contributed by atoms with Crippen molar-refractivity contribution in [1.82, 2.24) is 29.7 Å². The minimum Gasteiger partial charge on any atom is -0.391 e. The van der Waals surface area contributed by atoms with Gasteiger partial charge in [-0.2, -0.15) is 5.10 Å². The van der Waals surface area contributed by atoms with E-state index in [9.17, 15) is 5.11 Å². The molecule has 146 valence electrons. The summed E-state index contributed by atoms with van der Waals surface area (Å²) in [4.78, 5) is 20.2. The third-order valence-electron chi connectivity index (χ3n) is 5.13. The molecule has 29 heavy (non-hydrogen) atoms. The first-order valence-corrected chi connectivity index (χ1v) is 9.70. The summed E-state index contributed by atoms with van der Waals surface area (Å²) in [7, 11) is 0. The SMILES string of the molecule is Cc1cncc(-c2cc3c(cn2)cnn3-c2cccc(N3CCC[C@@H](O)C3)n2)n1. The van der Waals surface area contributed by atoms with E-state index in [-0.39, 0.29) is 6.10 Å². The van der Waals surface area contributed by atoms with Gasteiger partial charge in [0.05, 0.1) is 35.4 Å². The first kappa shape index (κ1) is 17.7. The molecule has 0 saturated carbocycles. The van der Waals surface area contributed by atoms with Gasteiger partial charge in [0.1, 0.15) is 11.5 Å². The average Bonchev–Trinajstić information content (AvgIpc) is 3.17. The van der Waals surface area contributed by atoms with Crippen molar-refractivity contribution in [2.24, 2.45) is 0 Å². The van der Waals surface area contributed by atoms with Crippen LogP contribution in [0.5, 0.6) is 0 Å². The summed E-state index contributed by atoms with van der Waals surface area (Å²) in [5.74, 6) is 1.58. The van der Waals surface area contributed by atoms with Crippen LogP contribution >= 0.6 is 0 Å². The van der Waals surface area contributed by atoms with Crippen LogP contribution in [0.3, 0.4) is 0 Å². The molecule has 5 rings (SSSR count). The lowest BCUT2D eigenvalue weighted by molar-refractivity contribution is 0.154. The normalized spacial score (nSPS) is 17.0. The van der Waals surface area contributed by atoms with Crippen LogP contribution in [0, 0.1) is 6.92 Å². The van der Waals surface area contributed by atoms with Crippen molar-refractivity contribution in [2.75, 3.05) is 18.0 Å².